The Labute approximate surface area is 125 Å². The van der Waals surface area contributed by atoms with E-state index in [1.807, 2.05) is 0 Å². The Morgan fingerprint density at radius 2 is 1.67 bits per heavy atom. The van der Waals surface area contributed by atoms with Gasteiger partial charge in [-0.25, -0.2) is 21.6 Å². The largest absolute Gasteiger partial charge is 0.393 e. The van der Waals surface area contributed by atoms with Gasteiger partial charge < -0.3 is 5.73 Å². The molecule has 0 atom stereocenters. The number of sulfonamides is 1. The van der Waals surface area contributed by atoms with Gasteiger partial charge in [0.25, 0.3) is 0 Å². The molecule has 1 fully saturated rings. The molecule has 1 aliphatic rings. The summed E-state index contributed by atoms with van der Waals surface area (Å²) >= 11 is 4.85. The minimum atomic E-state index is -4.36. The maximum absolute atomic E-state index is 13.6. The molecule has 0 aliphatic carbocycles. The Kier molecular flexibility index (Phi) is 4.54. The van der Waals surface area contributed by atoms with Gasteiger partial charge in [0, 0.05) is 31.1 Å². The van der Waals surface area contributed by atoms with Crippen LogP contribution in [0.1, 0.15) is 12.8 Å². The molecule has 1 aromatic rings. The lowest BCUT2D eigenvalue weighted by Gasteiger charge is -2.30. The van der Waals surface area contributed by atoms with Crippen molar-refractivity contribution in [2.75, 3.05) is 13.1 Å². The van der Waals surface area contributed by atoms with Gasteiger partial charge in [0.1, 0.15) is 17.5 Å². The van der Waals surface area contributed by atoms with Crippen LogP contribution in [0.5, 0.6) is 0 Å². The summed E-state index contributed by atoms with van der Waals surface area (Å²) in [5, 5.41) is 0. The highest BCUT2D eigenvalue weighted by molar-refractivity contribution is 7.89. The maximum atomic E-state index is 13.6. The van der Waals surface area contributed by atoms with Crippen molar-refractivity contribution < 1.29 is 21.6 Å². The Morgan fingerprint density at radius 1 is 1.19 bits per heavy atom. The van der Waals surface area contributed by atoms with Gasteiger partial charge >= 0.3 is 0 Å². The Bertz CT molecular complexity index is 648. The van der Waals surface area contributed by atoms with Crippen LogP contribution < -0.4 is 5.73 Å². The van der Waals surface area contributed by atoms with Gasteiger partial charge in [0.15, 0.2) is 4.90 Å². The van der Waals surface area contributed by atoms with E-state index in [4.69, 9.17) is 18.0 Å². The zero-order valence-electron chi connectivity index (χ0n) is 10.9. The molecule has 1 heterocycles. The zero-order chi connectivity index (χ0) is 15.8. The molecule has 116 valence electrons. The summed E-state index contributed by atoms with van der Waals surface area (Å²) in [6.07, 6.45) is 0.776. The molecule has 0 spiro atoms. The fourth-order valence-electron chi connectivity index (χ4n) is 2.29. The topological polar surface area (TPSA) is 63.4 Å². The first-order chi connectivity index (χ1) is 9.73. The lowest BCUT2D eigenvalue weighted by Crippen LogP contribution is -2.41. The molecule has 1 saturated heterocycles. The average Bonchev–Trinajstić information content (AvgIpc) is 2.37. The summed E-state index contributed by atoms with van der Waals surface area (Å²) in [5.41, 5.74) is 5.50. The van der Waals surface area contributed by atoms with E-state index in [2.05, 4.69) is 0 Å². The van der Waals surface area contributed by atoms with Crippen LogP contribution >= 0.6 is 12.2 Å². The number of hydrogen-bond acceptors (Lipinski definition) is 3. The number of benzene rings is 1. The van der Waals surface area contributed by atoms with Crippen molar-refractivity contribution in [1.29, 1.82) is 0 Å². The standard InChI is InChI=1S/C12H13F3N2O2S2/c13-8-5-9(14)11(10(15)6-8)21(18,19)17-3-1-7(2-4-17)12(16)20/h5-7H,1-4H2,(H2,16,20). The Balaban J connectivity index is 2.30. The second-order valence-electron chi connectivity index (χ2n) is 4.78. The van der Waals surface area contributed by atoms with Crippen molar-refractivity contribution >= 4 is 27.2 Å². The first-order valence-electron chi connectivity index (χ1n) is 6.17. The second-order valence-corrected chi connectivity index (χ2v) is 7.13. The van der Waals surface area contributed by atoms with Crippen LogP contribution in [0.4, 0.5) is 13.2 Å². The normalized spacial score (nSPS) is 17.9. The molecule has 0 aromatic heterocycles. The summed E-state index contributed by atoms with van der Waals surface area (Å²) in [7, 11) is -4.36. The SMILES string of the molecule is NC(=S)C1CCN(S(=O)(=O)c2c(F)cc(F)cc2F)CC1. The number of nitrogens with two attached hydrogens (primary N) is 1. The fraction of sp³-hybridized carbons (Fsp3) is 0.417. The predicted molar refractivity (Wildman–Crippen MR) is 74.6 cm³/mol. The van der Waals surface area contributed by atoms with E-state index in [1.54, 1.807) is 0 Å². The molecule has 0 amide bonds. The van der Waals surface area contributed by atoms with Crippen molar-refractivity contribution in [1.82, 2.24) is 4.31 Å². The van der Waals surface area contributed by atoms with Gasteiger partial charge in [0.05, 0.1) is 4.99 Å². The number of hydrogen-bond donors (Lipinski definition) is 1. The molecule has 0 bridgehead atoms. The van der Waals surface area contributed by atoms with Gasteiger partial charge in [0.2, 0.25) is 10.0 Å². The van der Waals surface area contributed by atoms with Crippen LogP contribution in [0.15, 0.2) is 17.0 Å². The molecule has 0 saturated carbocycles. The Hall–Kier alpha value is -1.19. The van der Waals surface area contributed by atoms with Crippen molar-refractivity contribution in [3.63, 3.8) is 0 Å². The summed E-state index contributed by atoms with van der Waals surface area (Å²) < 4.78 is 65.7. The fourth-order valence-corrected chi connectivity index (χ4v) is 4.08. The molecule has 1 aromatic carbocycles. The molecule has 0 radical (unpaired) electrons. The molecule has 4 nitrogen and oxygen atoms in total. The van der Waals surface area contributed by atoms with Crippen LogP contribution in [-0.4, -0.2) is 30.8 Å². The lowest BCUT2D eigenvalue weighted by molar-refractivity contribution is 0.314. The van der Waals surface area contributed by atoms with Gasteiger partial charge in [-0.05, 0) is 12.8 Å². The van der Waals surface area contributed by atoms with E-state index in [9.17, 15) is 21.6 Å². The average molecular weight is 338 g/mol. The smallest absolute Gasteiger partial charge is 0.248 e. The van der Waals surface area contributed by atoms with E-state index in [-0.39, 0.29) is 19.0 Å². The third kappa shape index (κ3) is 3.19. The summed E-state index contributed by atoms with van der Waals surface area (Å²) in [4.78, 5) is -0.830. The first kappa shape index (κ1) is 16.2. The van der Waals surface area contributed by atoms with E-state index in [0.717, 1.165) is 4.31 Å². The van der Waals surface area contributed by atoms with Crippen LogP contribution in [0.3, 0.4) is 0 Å². The quantitative estimate of drug-likeness (QED) is 0.854. The van der Waals surface area contributed by atoms with Crippen molar-refractivity contribution in [2.45, 2.75) is 17.7 Å². The van der Waals surface area contributed by atoms with Crippen LogP contribution in [0, 0.1) is 23.4 Å². The lowest BCUT2D eigenvalue weighted by atomic mass is 9.98. The summed E-state index contributed by atoms with van der Waals surface area (Å²) in [5.74, 6) is -4.14. The van der Waals surface area contributed by atoms with E-state index in [1.165, 1.54) is 0 Å². The molecule has 9 heteroatoms. The molecule has 1 aliphatic heterocycles. The van der Waals surface area contributed by atoms with Crippen LogP contribution in [-0.2, 0) is 10.0 Å². The van der Waals surface area contributed by atoms with Crippen LogP contribution in [0.25, 0.3) is 0 Å². The predicted octanol–water partition coefficient (Wildman–Crippen LogP) is 1.79. The molecular weight excluding hydrogens is 325 g/mol. The third-order valence-corrected chi connectivity index (χ3v) is 5.70. The van der Waals surface area contributed by atoms with Gasteiger partial charge in [-0.15, -0.1) is 0 Å². The van der Waals surface area contributed by atoms with E-state index >= 15 is 0 Å². The number of halogens is 3. The molecule has 2 N–H and O–H groups in total. The molecular formula is C12H13F3N2O2S2. The second kappa shape index (κ2) is 5.90. The van der Waals surface area contributed by atoms with E-state index in [0.29, 0.717) is 30.0 Å². The summed E-state index contributed by atoms with van der Waals surface area (Å²) in [6, 6.07) is 0.690. The summed E-state index contributed by atoms with van der Waals surface area (Å²) in [6.45, 7) is 0.112. The third-order valence-electron chi connectivity index (χ3n) is 3.42. The Morgan fingerprint density at radius 3 is 2.10 bits per heavy atom. The van der Waals surface area contributed by atoms with Crippen molar-refractivity contribution in [2.24, 2.45) is 11.7 Å². The highest BCUT2D eigenvalue weighted by Gasteiger charge is 2.34. The number of piperidine rings is 1. The minimum Gasteiger partial charge on any atom is -0.393 e. The number of nitrogens with zero attached hydrogens (tertiary/aromatic N) is 1. The zero-order valence-corrected chi connectivity index (χ0v) is 12.5. The molecule has 2 rings (SSSR count). The van der Waals surface area contributed by atoms with E-state index < -0.39 is 32.4 Å². The highest BCUT2D eigenvalue weighted by Crippen LogP contribution is 2.27. The van der Waals surface area contributed by atoms with Crippen LogP contribution in [0.2, 0.25) is 0 Å². The minimum absolute atomic E-state index is 0.0561. The van der Waals surface area contributed by atoms with Gasteiger partial charge in [-0.3, -0.25) is 0 Å². The van der Waals surface area contributed by atoms with Gasteiger partial charge in [-0.1, -0.05) is 12.2 Å². The maximum Gasteiger partial charge on any atom is 0.248 e. The van der Waals surface area contributed by atoms with Crippen molar-refractivity contribution in [3.8, 4) is 0 Å². The first-order valence-corrected chi connectivity index (χ1v) is 8.02. The molecule has 21 heavy (non-hydrogen) atoms. The highest BCUT2D eigenvalue weighted by atomic mass is 32.2. The van der Waals surface area contributed by atoms with Gasteiger partial charge in [-0.2, -0.15) is 4.31 Å². The molecule has 0 unspecified atom stereocenters. The monoisotopic (exact) mass is 338 g/mol. The van der Waals surface area contributed by atoms with Crippen molar-refractivity contribution in [3.05, 3.63) is 29.6 Å². The number of rotatable bonds is 3. The number of thiocarbonyl (C=S) groups is 1.